The molecule has 0 saturated heterocycles. The highest BCUT2D eigenvalue weighted by atomic mass is 35.5. The first-order valence-electron chi connectivity index (χ1n) is 5.40. The predicted molar refractivity (Wildman–Crippen MR) is 70.3 cm³/mol. The van der Waals surface area contributed by atoms with Gasteiger partial charge >= 0.3 is 5.97 Å². The second-order valence-corrected chi connectivity index (χ2v) is 6.64. The van der Waals surface area contributed by atoms with Gasteiger partial charge in [0.25, 0.3) is 0 Å². The maximum atomic E-state index is 13.4. The Morgan fingerprint density at radius 3 is 2.65 bits per heavy atom. The third-order valence-corrected chi connectivity index (χ3v) is 3.96. The van der Waals surface area contributed by atoms with Gasteiger partial charge in [0.15, 0.2) is 5.60 Å². The van der Waals surface area contributed by atoms with Crippen LogP contribution >= 0.6 is 11.6 Å². The van der Waals surface area contributed by atoms with E-state index in [-0.39, 0.29) is 10.6 Å². The first-order valence-corrected chi connectivity index (χ1v) is 7.43. The van der Waals surface area contributed by atoms with Gasteiger partial charge in [-0.2, -0.15) is 0 Å². The van der Waals surface area contributed by atoms with E-state index in [1.807, 2.05) is 4.72 Å². The van der Waals surface area contributed by atoms with Crippen LogP contribution in [0, 0.1) is 5.82 Å². The molecule has 1 aromatic rings. The SMILES string of the molecule is CC(O)(CNS(=O)(=O)Cc1cc(Cl)ccc1F)C(=O)O. The molecule has 1 atom stereocenters. The molecular weight excluding hydrogens is 313 g/mol. The van der Waals surface area contributed by atoms with Gasteiger partial charge in [-0.15, -0.1) is 0 Å². The summed E-state index contributed by atoms with van der Waals surface area (Å²) >= 11 is 5.64. The molecule has 0 spiro atoms. The molecule has 0 aromatic heterocycles. The molecule has 0 heterocycles. The van der Waals surface area contributed by atoms with Gasteiger partial charge in [-0.3, -0.25) is 0 Å². The maximum absolute atomic E-state index is 13.4. The number of hydrogen-bond donors (Lipinski definition) is 3. The first-order chi connectivity index (χ1) is 9.03. The lowest BCUT2D eigenvalue weighted by Gasteiger charge is -2.18. The molecule has 20 heavy (non-hydrogen) atoms. The minimum atomic E-state index is -4.01. The van der Waals surface area contributed by atoms with Gasteiger partial charge in [0, 0.05) is 17.1 Å². The lowest BCUT2D eigenvalue weighted by atomic mass is 10.1. The van der Waals surface area contributed by atoms with Crippen molar-refractivity contribution in [1.82, 2.24) is 4.72 Å². The fourth-order valence-electron chi connectivity index (χ4n) is 1.24. The topological polar surface area (TPSA) is 104 Å². The Hall–Kier alpha value is -1.22. The van der Waals surface area contributed by atoms with Crippen molar-refractivity contribution in [3.63, 3.8) is 0 Å². The number of carboxylic acid groups (broad SMARTS) is 1. The van der Waals surface area contributed by atoms with E-state index in [1.54, 1.807) is 0 Å². The van der Waals surface area contributed by atoms with Gasteiger partial charge in [0.1, 0.15) is 5.82 Å². The number of carbonyl (C=O) groups is 1. The maximum Gasteiger partial charge on any atom is 0.336 e. The number of aliphatic hydroxyl groups is 1. The number of sulfonamides is 1. The monoisotopic (exact) mass is 325 g/mol. The summed E-state index contributed by atoms with van der Waals surface area (Å²) in [5, 5.41) is 18.2. The van der Waals surface area contributed by atoms with E-state index in [4.69, 9.17) is 16.7 Å². The van der Waals surface area contributed by atoms with Crippen molar-refractivity contribution >= 4 is 27.6 Å². The van der Waals surface area contributed by atoms with Gasteiger partial charge in [-0.05, 0) is 25.1 Å². The van der Waals surface area contributed by atoms with Crippen molar-refractivity contribution in [2.75, 3.05) is 6.54 Å². The van der Waals surface area contributed by atoms with Crippen molar-refractivity contribution in [2.24, 2.45) is 0 Å². The van der Waals surface area contributed by atoms with Crippen molar-refractivity contribution in [1.29, 1.82) is 0 Å². The van der Waals surface area contributed by atoms with Crippen molar-refractivity contribution in [2.45, 2.75) is 18.3 Å². The lowest BCUT2D eigenvalue weighted by Crippen LogP contribution is -2.46. The van der Waals surface area contributed by atoms with E-state index in [2.05, 4.69) is 0 Å². The molecule has 1 unspecified atom stereocenters. The first kappa shape index (κ1) is 16.8. The minimum absolute atomic E-state index is 0.153. The zero-order valence-electron chi connectivity index (χ0n) is 10.4. The van der Waals surface area contributed by atoms with Crippen LogP contribution in [0.15, 0.2) is 18.2 Å². The Morgan fingerprint density at radius 2 is 2.10 bits per heavy atom. The number of benzene rings is 1. The summed E-state index contributed by atoms with van der Waals surface area (Å²) in [6, 6.07) is 3.46. The van der Waals surface area contributed by atoms with Crippen LogP contribution in [0.4, 0.5) is 4.39 Å². The number of halogens is 2. The summed E-state index contributed by atoms with van der Waals surface area (Å²) < 4.78 is 38.7. The van der Waals surface area contributed by atoms with Crippen molar-refractivity contribution < 1.29 is 27.8 Å². The number of rotatable bonds is 6. The van der Waals surface area contributed by atoms with Gasteiger partial charge < -0.3 is 10.2 Å². The van der Waals surface area contributed by atoms with Crippen LogP contribution in [0.5, 0.6) is 0 Å². The van der Waals surface area contributed by atoms with Gasteiger partial charge in [0.2, 0.25) is 10.0 Å². The Kier molecular flexibility index (Phi) is 5.09. The summed E-state index contributed by atoms with van der Waals surface area (Å²) in [4.78, 5) is 10.6. The Labute approximate surface area is 120 Å². The van der Waals surface area contributed by atoms with Crippen LogP contribution in [0.3, 0.4) is 0 Å². The van der Waals surface area contributed by atoms with Crippen molar-refractivity contribution in [3.8, 4) is 0 Å². The molecule has 0 aliphatic heterocycles. The molecule has 0 bridgehead atoms. The highest BCUT2D eigenvalue weighted by Crippen LogP contribution is 2.17. The number of hydrogen-bond acceptors (Lipinski definition) is 4. The predicted octanol–water partition coefficient (Wildman–Crippen LogP) is 0.734. The van der Waals surface area contributed by atoms with Crippen molar-refractivity contribution in [3.05, 3.63) is 34.6 Å². The van der Waals surface area contributed by atoms with E-state index in [9.17, 15) is 22.7 Å². The molecule has 0 aliphatic rings. The summed E-state index contributed by atoms with van der Waals surface area (Å²) in [6.07, 6.45) is 0. The quantitative estimate of drug-likeness (QED) is 0.715. The van der Waals surface area contributed by atoms with E-state index in [0.29, 0.717) is 0 Å². The molecule has 0 aliphatic carbocycles. The molecule has 0 saturated carbocycles. The largest absolute Gasteiger partial charge is 0.479 e. The third kappa shape index (κ3) is 4.71. The van der Waals surface area contributed by atoms with Crippen LogP contribution in [0.1, 0.15) is 12.5 Å². The fourth-order valence-corrected chi connectivity index (χ4v) is 2.66. The van der Waals surface area contributed by atoms with Gasteiger partial charge in [-0.25, -0.2) is 22.3 Å². The molecule has 0 amide bonds. The Morgan fingerprint density at radius 1 is 1.50 bits per heavy atom. The van der Waals surface area contributed by atoms with E-state index in [0.717, 1.165) is 19.1 Å². The Bertz CT molecular complexity index is 617. The second-order valence-electron chi connectivity index (χ2n) is 4.39. The minimum Gasteiger partial charge on any atom is -0.479 e. The average Bonchev–Trinajstić information content (AvgIpc) is 2.31. The van der Waals surface area contributed by atoms with Gasteiger partial charge in [-0.1, -0.05) is 11.6 Å². The van der Waals surface area contributed by atoms with Crippen LogP contribution in [0.25, 0.3) is 0 Å². The molecule has 6 nitrogen and oxygen atoms in total. The summed E-state index contributed by atoms with van der Waals surface area (Å²) in [6.45, 7) is 0.213. The third-order valence-electron chi connectivity index (χ3n) is 2.45. The zero-order valence-corrected chi connectivity index (χ0v) is 12.0. The smallest absolute Gasteiger partial charge is 0.336 e. The number of aliphatic carboxylic acids is 1. The summed E-state index contributed by atoms with van der Waals surface area (Å²) in [7, 11) is -4.01. The molecule has 112 valence electrons. The average molecular weight is 326 g/mol. The molecule has 0 fully saturated rings. The normalized spacial score (nSPS) is 14.8. The molecule has 1 rings (SSSR count). The lowest BCUT2D eigenvalue weighted by molar-refractivity contribution is -0.155. The van der Waals surface area contributed by atoms with E-state index >= 15 is 0 Å². The van der Waals surface area contributed by atoms with E-state index in [1.165, 1.54) is 6.07 Å². The van der Waals surface area contributed by atoms with Crippen LogP contribution in [-0.4, -0.2) is 36.7 Å². The molecular formula is C11H13ClFNO5S. The zero-order chi connectivity index (χ0) is 15.6. The van der Waals surface area contributed by atoms with Crippen LogP contribution in [0.2, 0.25) is 5.02 Å². The molecule has 9 heteroatoms. The fraction of sp³-hybridized carbons (Fsp3) is 0.364. The summed E-state index contributed by atoms with van der Waals surface area (Å²) in [5.41, 5.74) is -2.40. The summed E-state index contributed by atoms with van der Waals surface area (Å²) in [5.74, 6) is -3.03. The Balaban J connectivity index is 2.81. The molecule has 0 radical (unpaired) electrons. The number of carboxylic acids is 1. The van der Waals surface area contributed by atoms with E-state index < -0.39 is 39.7 Å². The second kappa shape index (κ2) is 6.04. The highest BCUT2D eigenvalue weighted by Gasteiger charge is 2.31. The van der Waals surface area contributed by atoms with Gasteiger partial charge in [0.05, 0.1) is 5.75 Å². The molecule has 1 aromatic carbocycles. The van der Waals surface area contributed by atoms with Crippen LogP contribution < -0.4 is 4.72 Å². The standard InChI is InChI=1S/C11H13ClFNO5S/c1-11(17,10(15)16)6-14-20(18,19)5-7-4-8(12)2-3-9(7)13/h2-4,14,17H,5-6H2,1H3,(H,15,16). The van der Waals surface area contributed by atoms with Crippen LogP contribution in [-0.2, 0) is 20.6 Å². The highest BCUT2D eigenvalue weighted by molar-refractivity contribution is 7.88. The molecule has 3 N–H and O–H groups in total. The number of nitrogens with one attached hydrogen (secondary N) is 1.